The Morgan fingerprint density at radius 1 is 1.15 bits per heavy atom. The Morgan fingerprint density at radius 2 is 1.96 bits per heavy atom. The van der Waals surface area contributed by atoms with Gasteiger partial charge in [-0.15, -0.1) is 10.2 Å². The highest BCUT2D eigenvalue weighted by atomic mass is 16.5. The van der Waals surface area contributed by atoms with Crippen molar-refractivity contribution >= 4 is 5.91 Å². The molecule has 7 nitrogen and oxygen atoms in total. The molecule has 1 aromatic heterocycles. The molecule has 0 aliphatic heterocycles. The highest BCUT2D eigenvalue weighted by Gasteiger charge is 2.21. The first-order valence-corrected chi connectivity index (χ1v) is 9.09. The molecular formula is C20H21N5O2. The van der Waals surface area contributed by atoms with Crippen molar-refractivity contribution in [1.29, 1.82) is 0 Å². The van der Waals surface area contributed by atoms with Crippen molar-refractivity contribution in [2.24, 2.45) is 0 Å². The fourth-order valence-corrected chi connectivity index (χ4v) is 3.34. The third-order valence-electron chi connectivity index (χ3n) is 4.60. The van der Waals surface area contributed by atoms with Crippen LogP contribution in [0.2, 0.25) is 0 Å². The summed E-state index contributed by atoms with van der Waals surface area (Å²) in [7, 11) is 0. The normalized spacial score (nSPS) is 15.8. The molecule has 3 aromatic rings. The zero-order valence-electron chi connectivity index (χ0n) is 14.9. The number of benzene rings is 2. The molecule has 138 valence electrons. The van der Waals surface area contributed by atoms with Gasteiger partial charge in [-0.05, 0) is 47.7 Å². The number of carbonyl (C=O) groups is 1. The van der Waals surface area contributed by atoms with Crippen LogP contribution >= 0.6 is 0 Å². The van der Waals surface area contributed by atoms with Gasteiger partial charge < -0.3 is 10.1 Å². The van der Waals surface area contributed by atoms with E-state index in [1.807, 2.05) is 42.5 Å². The van der Waals surface area contributed by atoms with Crippen LogP contribution in [0.1, 0.15) is 35.8 Å². The van der Waals surface area contributed by atoms with Crippen molar-refractivity contribution < 1.29 is 9.53 Å². The number of fused-ring (bicyclic) bond motifs is 1. The van der Waals surface area contributed by atoms with Crippen molar-refractivity contribution in [3.8, 4) is 5.75 Å². The average Bonchev–Trinajstić information content (AvgIpc) is 3.15. The van der Waals surface area contributed by atoms with E-state index in [1.165, 1.54) is 15.9 Å². The van der Waals surface area contributed by atoms with Gasteiger partial charge in [0.25, 0.3) is 0 Å². The van der Waals surface area contributed by atoms with Gasteiger partial charge in [0.1, 0.15) is 12.3 Å². The molecule has 4 rings (SSSR count). The van der Waals surface area contributed by atoms with Crippen molar-refractivity contribution in [3.63, 3.8) is 0 Å². The van der Waals surface area contributed by atoms with E-state index in [1.54, 1.807) is 0 Å². The van der Waals surface area contributed by atoms with Crippen molar-refractivity contribution in [1.82, 2.24) is 25.5 Å². The maximum atomic E-state index is 12.4. The minimum atomic E-state index is -0.121. The Balaban J connectivity index is 1.32. The van der Waals surface area contributed by atoms with E-state index >= 15 is 0 Å². The predicted octanol–water partition coefficient (Wildman–Crippen LogP) is 2.45. The molecule has 2 aromatic carbocycles. The molecule has 0 spiro atoms. The summed E-state index contributed by atoms with van der Waals surface area (Å²) in [5, 5.41) is 15.2. The maximum Gasteiger partial charge on any atom is 0.244 e. The lowest BCUT2D eigenvalue weighted by atomic mass is 9.88. The highest BCUT2D eigenvalue weighted by Crippen LogP contribution is 2.29. The molecule has 1 aliphatic carbocycles. The van der Waals surface area contributed by atoms with Crippen molar-refractivity contribution in [2.75, 3.05) is 0 Å². The fraction of sp³-hybridized carbons (Fsp3) is 0.300. The van der Waals surface area contributed by atoms with Gasteiger partial charge in [-0.3, -0.25) is 4.79 Å². The van der Waals surface area contributed by atoms with Crippen LogP contribution in [0.25, 0.3) is 0 Å². The summed E-state index contributed by atoms with van der Waals surface area (Å²) in [6.07, 6.45) is 3.09. The maximum absolute atomic E-state index is 12.4. The number of hydrogen-bond donors (Lipinski definition) is 1. The topological polar surface area (TPSA) is 81.9 Å². The molecule has 0 saturated carbocycles. The summed E-state index contributed by atoms with van der Waals surface area (Å²) in [5.41, 5.74) is 2.52. The quantitative estimate of drug-likeness (QED) is 0.727. The first-order valence-electron chi connectivity index (χ1n) is 9.09. The van der Waals surface area contributed by atoms with Crippen LogP contribution in [0.5, 0.6) is 5.75 Å². The van der Waals surface area contributed by atoms with Gasteiger partial charge in [0.2, 0.25) is 11.7 Å². The third-order valence-corrected chi connectivity index (χ3v) is 4.60. The molecular weight excluding hydrogens is 342 g/mol. The number of aromatic nitrogens is 4. The molecule has 1 N–H and O–H groups in total. The average molecular weight is 363 g/mol. The van der Waals surface area contributed by atoms with Gasteiger partial charge >= 0.3 is 0 Å². The lowest BCUT2D eigenvalue weighted by Gasteiger charge is -2.26. The summed E-state index contributed by atoms with van der Waals surface area (Å²) >= 11 is 0. The molecule has 1 heterocycles. The molecule has 0 radical (unpaired) electrons. The van der Waals surface area contributed by atoms with Crippen molar-refractivity contribution in [2.45, 2.75) is 38.5 Å². The van der Waals surface area contributed by atoms with Gasteiger partial charge in [-0.25, -0.2) is 0 Å². The third kappa shape index (κ3) is 4.31. The summed E-state index contributed by atoms with van der Waals surface area (Å²) in [6.45, 7) is 0.249. The second kappa shape index (κ2) is 7.99. The molecule has 1 aliphatic rings. The zero-order chi connectivity index (χ0) is 18.5. The predicted molar refractivity (Wildman–Crippen MR) is 98.9 cm³/mol. The Kier molecular flexibility index (Phi) is 5.09. The molecule has 7 heteroatoms. The van der Waals surface area contributed by atoms with Gasteiger partial charge in [0, 0.05) is 0 Å². The largest absolute Gasteiger partial charge is 0.485 e. The number of para-hydroxylation sites is 1. The number of rotatable bonds is 6. The number of aryl methyl sites for hydroxylation is 1. The first-order chi connectivity index (χ1) is 13.3. The first kappa shape index (κ1) is 17.2. The van der Waals surface area contributed by atoms with Crippen molar-refractivity contribution in [3.05, 3.63) is 71.5 Å². The SMILES string of the molecule is O=C(Cn1nnc(COc2ccccc2)n1)N[C@@H]1CCCc2ccccc21. The van der Waals surface area contributed by atoms with E-state index in [4.69, 9.17) is 4.74 Å². The highest BCUT2D eigenvalue weighted by molar-refractivity contribution is 5.76. The number of amides is 1. The number of nitrogens with zero attached hydrogens (tertiary/aromatic N) is 4. The number of ether oxygens (including phenoxy) is 1. The molecule has 1 atom stereocenters. The zero-order valence-corrected chi connectivity index (χ0v) is 14.9. The molecule has 0 unspecified atom stereocenters. The molecule has 0 fully saturated rings. The molecule has 0 saturated heterocycles. The van der Waals surface area contributed by atoms with Crippen LogP contribution in [0.3, 0.4) is 0 Å². The van der Waals surface area contributed by atoms with E-state index in [2.05, 4.69) is 32.9 Å². The minimum absolute atomic E-state index is 0.0387. The van der Waals surface area contributed by atoms with Crippen LogP contribution in [-0.4, -0.2) is 26.1 Å². The molecule has 27 heavy (non-hydrogen) atoms. The number of tetrazole rings is 1. The lowest BCUT2D eigenvalue weighted by molar-refractivity contribution is -0.123. The van der Waals surface area contributed by atoms with Gasteiger partial charge in [0.15, 0.2) is 6.61 Å². The Bertz CT molecular complexity index is 910. The minimum Gasteiger partial charge on any atom is -0.485 e. The van der Waals surface area contributed by atoms with E-state index in [0.717, 1.165) is 25.0 Å². The van der Waals surface area contributed by atoms with E-state index in [9.17, 15) is 4.79 Å². The van der Waals surface area contributed by atoms with Crippen LogP contribution in [0.15, 0.2) is 54.6 Å². The van der Waals surface area contributed by atoms with Crippen LogP contribution < -0.4 is 10.1 Å². The van der Waals surface area contributed by atoms with E-state index in [-0.39, 0.29) is 25.1 Å². The monoisotopic (exact) mass is 363 g/mol. The Labute approximate surface area is 157 Å². The molecule has 0 bridgehead atoms. The number of nitrogens with one attached hydrogen (secondary N) is 1. The van der Waals surface area contributed by atoms with Crippen LogP contribution in [0.4, 0.5) is 0 Å². The number of carbonyl (C=O) groups excluding carboxylic acids is 1. The smallest absolute Gasteiger partial charge is 0.244 e. The molecule has 1 amide bonds. The van der Waals surface area contributed by atoms with E-state index < -0.39 is 0 Å². The van der Waals surface area contributed by atoms with Gasteiger partial charge in [-0.1, -0.05) is 42.5 Å². The summed E-state index contributed by atoms with van der Waals surface area (Å²) in [6, 6.07) is 17.8. The summed E-state index contributed by atoms with van der Waals surface area (Å²) < 4.78 is 5.59. The van der Waals surface area contributed by atoms with E-state index in [0.29, 0.717) is 5.82 Å². The number of hydrogen-bond acceptors (Lipinski definition) is 5. The second-order valence-corrected chi connectivity index (χ2v) is 6.55. The standard InChI is InChI=1S/C20H21N5O2/c26-20(21-18-12-6-8-15-7-4-5-11-17(15)18)13-25-23-19(22-24-25)14-27-16-9-2-1-3-10-16/h1-5,7,9-11,18H,6,8,12-14H2,(H,21,26)/t18-/m1/s1. The van der Waals surface area contributed by atoms with Gasteiger partial charge in [0.05, 0.1) is 6.04 Å². The Morgan fingerprint density at radius 3 is 2.85 bits per heavy atom. The summed E-state index contributed by atoms with van der Waals surface area (Å²) in [5.74, 6) is 1.06. The van der Waals surface area contributed by atoms with Crippen LogP contribution in [-0.2, 0) is 24.4 Å². The Hall–Kier alpha value is -3.22. The fourth-order valence-electron chi connectivity index (χ4n) is 3.34. The summed E-state index contributed by atoms with van der Waals surface area (Å²) in [4.78, 5) is 13.7. The van der Waals surface area contributed by atoms with Crippen LogP contribution in [0, 0.1) is 0 Å². The van der Waals surface area contributed by atoms with Gasteiger partial charge in [-0.2, -0.15) is 4.80 Å². The second-order valence-electron chi connectivity index (χ2n) is 6.55. The lowest BCUT2D eigenvalue weighted by Crippen LogP contribution is -2.34.